The van der Waals surface area contributed by atoms with E-state index < -0.39 is 7.94 Å². The van der Waals surface area contributed by atoms with E-state index in [1.54, 1.807) is 7.11 Å². The Bertz CT molecular complexity index is 286. The van der Waals surface area contributed by atoms with E-state index >= 15 is 0 Å². The Hall–Kier alpha value is -0.470. The second-order valence-electron chi connectivity index (χ2n) is 3.45. The molecule has 0 saturated carbocycles. The Morgan fingerprint density at radius 2 is 1.75 bits per heavy atom. The van der Waals surface area contributed by atoms with Gasteiger partial charge in [-0.1, -0.05) is 0 Å². The average Bonchev–Trinajstić information content (AvgIpc) is 2.36. The van der Waals surface area contributed by atoms with Gasteiger partial charge in [-0.2, -0.15) is 0 Å². The van der Waals surface area contributed by atoms with Crippen LogP contribution in [0.5, 0.6) is 0 Å². The Morgan fingerprint density at radius 1 is 1.06 bits per heavy atom. The average molecular weight is 244 g/mol. The van der Waals surface area contributed by atoms with Crippen molar-refractivity contribution in [3.63, 3.8) is 0 Å². The van der Waals surface area contributed by atoms with Gasteiger partial charge in [0.05, 0.1) is 0 Å². The predicted octanol–water partition coefficient (Wildman–Crippen LogP) is 3.40. The summed E-state index contributed by atoms with van der Waals surface area (Å²) in [6, 6.07) is 10.1. The van der Waals surface area contributed by atoms with E-state index in [-0.39, 0.29) is 0 Å². The quantitative estimate of drug-likeness (QED) is 0.688. The van der Waals surface area contributed by atoms with Crippen molar-refractivity contribution >= 4 is 7.94 Å². The van der Waals surface area contributed by atoms with E-state index in [0.29, 0.717) is 13.2 Å². The van der Waals surface area contributed by atoms with Crippen LogP contribution in [-0.2, 0) is 20.2 Å². The van der Waals surface area contributed by atoms with Crippen molar-refractivity contribution in [1.82, 2.24) is 0 Å². The van der Waals surface area contributed by atoms with Gasteiger partial charge in [-0.15, -0.1) is 0 Å². The summed E-state index contributed by atoms with van der Waals surface area (Å²) in [6.45, 7) is 5.18. The zero-order chi connectivity index (χ0) is 11.9. The van der Waals surface area contributed by atoms with Crippen LogP contribution in [-0.4, -0.2) is 19.9 Å². The standard InChI is InChI=1S/C12H21O3P/c1-4-14-16(5-2,13-3)15-11-12-9-7-6-8-10-12/h6-10,16H,4-5,11H2,1-3H3. The van der Waals surface area contributed by atoms with Crippen LogP contribution in [0.15, 0.2) is 30.3 Å². The molecule has 0 aliphatic heterocycles. The number of rotatable bonds is 7. The van der Waals surface area contributed by atoms with Gasteiger partial charge in [-0.3, -0.25) is 0 Å². The minimum atomic E-state index is -2.43. The molecular weight excluding hydrogens is 223 g/mol. The second-order valence-corrected chi connectivity index (χ2v) is 6.51. The topological polar surface area (TPSA) is 27.7 Å². The fourth-order valence-electron chi connectivity index (χ4n) is 1.50. The van der Waals surface area contributed by atoms with Gasteiger partial charge in [0.1, 0.15) is 0 Å². The molecule has 0 N–H and O–H groups in total. The van der Waals surface area contributed by atoms with Gasteiger partial charge in [-0.25, -0.2) is 0 Å². The Balaban J connectivity index is 2.56. The summed E-state index contributed by atoms with van der Waals surface area (Å²) in [6.07, 6.45) is 0.796. The molecule has 0 aliphatic carbocycles. The van der Waals surface area contributed by atoms with Gasteiger partial charge in [0.2, 0.25) is 0 Å². The minimum absolute atomic E-state index is 0.550. The molecule has 3 nitrogen and oxygen atoms in total. The fraction of sp³-hybridized carbons (Fsp3) is 0.500. The SMILES string of the molecule is CCO[PH](CC)(OC)OCc1ccccc1. The van der Waals surface area contributed by atoms with Crippen LogP contribution < -0.4 is 0 Å². The monoisotopic (exact) mass is 244 g/mol. The van der Waals surface area contributed by atoms with Gasteiger partial charge in [0, 0.05) is 0 Å². The molecule has 0 atom stereocenters. The molecule has 4 heteroatoms. The van der Waals surface area contributed by atoms with Crippen molar-refractivity contribution in [1.29, 1.82) is 0 Å². The van der Waals surface area contributed by atoms with Crippen molar-refractivity contribution in [2.75, 3.05) is 19.9 Å². The summed E-state index contributed by atoms with van der Waals surface area (Å²) in [5, 5.41) is 0. The molecule has 0 bridgehead atoms. The van der Waals surface area contributed by atoms with E-state index in [0.717, 1.165) is 11.7 Å². The van der Waals surface area contributed by atoms with Crippen LogP contribution in [0.1, 0.15) is 19.4 Å². The van der Waals surface area contributed by atoms with Crippen molar-refractivity contribution in [2.24, 2.45) is 0 Å². The van der Waals surface area contributed by atoms with Gasteiger partial charge >= 0.3 is 97.7 Å². The van der Waals surface area contributed by atoms with Crippen molar-refractivity contribution in [3.8, 4) is 0 Å². The third-order valence-corrected chi connectivity index (χ3v) is 5.21. The fourth-order valence-corrected chi connectivity index (χ4v) is 3.34. The maximum absolute atomic E-state index is 5.85. The summed E-state index contributed by atoms with van der Waals surface area (Å²) in [4.78, 5) is 0. The molecule has 92 valence electrons. The van der Waals surface area contributed by atoms with E-state index in [9.17, 15) is 0 Å². The zero-order valence-corrected chi connectivity index (χ0v) is 11.2. The van der Waals surface area contributed by atoms with Crippen LogP contribution in [0, 0.1) is 0 Å². The van der Waals surface area contributed by atoms with E-state index in [1.165, 1.54) is 0 Å². The Morgan fingerprint density at radius 3 is 2.25 bits per heavy atom. The molecule has 0 fully saturated rings. The molecule has 1 aromatic rings. The molecule has 0 aliphatic rings. The second kappa shape index (κ2) is 6.97. The zero-order valence-electron chi connectivity index (χ0n) is 10.2. The Kier molecular flexibility index (Phi) is 5.93. The Labute approximate surface area is 98.3 Å². The predicted molar refractivity (Wildman–Crippen MR) is 68.7 cm³/mol. The molecule has 1 aromatic carbocycles. The summed E-state index contributed by atoms with van der Waals surface area (Å²) in [5.41, 5.74) is 1.14. The van der Waals surface area contributed by atoms with Crippen LogP contribution in [0.2, 0.25) is 0 Å². The van der Waals surface area contributed by atoms with Gasteiger partial charge < -0.3 is 0 Å². The normalized spacial score (nSPS) is 12.7. The molecule has 0 amide bonds. The first-order chi connectivity index (χ1) is 7.76. The molecule has 16 heavy (non-hydrogen) atoms. The van der Waals surface area contributed by atoms with E-state index in [4.69, 9.17) is 13.6 Å². The first kappa shape index (κ1) is 13.6. The molecule has 0 unspecified atom stereocenters. The first-order valence-corrected chi connectivity index (χ1v) is 7.56. The van der Waals surface area contributed by atoms with Crippen LogP contribution in [0.25, 0.3) is 0 Å². The summed E-state index contributed by atoms with van der Waals surface area (Å²) in [5.74, 6) is 0. The van der Waals surface area contributed by atoms with Crippen molar-refractivity contribution in [2.45, 2.75) is 20.5 Å². The molecule has 1 rings (SSSR count). The van der Waals surface area contributed by atoms with Gasteiger partial charge in [0.25, 0.3) is 0 Å². The van der Waals surface area contributed by atoms with Crippen LogP contribution in [0.3, 0.4) is 0 Å². The molecular formula is C12H21O3P. The molecule has 0 aromatic heterocycles. The van der Waals surface area contributed by atoms with Gasteiger partial charge in [-0.05, 0) is 0 Å². The third-order valence-electron chi connectivity index (χ3n) is 2.41. The van der Waals surface area contributed by atoms with Gasteiger partial charge in [0.15, 0.2) is 0 Å². The molecule has 0 saturated heterocycles. The number of hydrogen-bond donors (Lipinski definition) is 0. The van der Waals surface area contributed by atoms with Crippen molar-refractivity contribution < 1.29 is 13.6 Å². The molecule has 0 heterocycles. The summed E-state index contributed by atoms with van der Waals surface area (Å²) < 4.78 is 16.9. The van der Waals surface area contributed by atoms with Crippen LogP contribution >= 0.6 is 7.94 Å². The van der Waals surface area contributed by atoms with Crippen LogP contribution in [0.4, 0.5) is 0 Å². The van der Waals surface area contributed by atoms with E-state index in [1.807, 2.05) is 44.2 Å². The van der Waals surface area contributed by atoms with Crippen molar-refractivity contribution in [3.05, 3.63) is 35.9 Å². The maximum atomic E-state index is 5.85. The number of benzene rings is 1. The van der Waals surface area contributed by atoms with E-state index in [2.05, 4.69) is 0 Å². The number of hydrogen-bond acceptors (Lipinski definition) is 3. The summed E-state index contributed by atoms with van der Waals surface area (Å²) >= 11 is 0. The molecule has 0 spiro atoms. The first-order valence-electron chi connectivity index (χ1n) is 5.63. The third kappa shape index (κ3) is 3.84. The summed E-state index contributed by atoms with van der Waals surface area (Å²) in [7, 11) is -0.763. The molecule has 0 radical (unpaired) electrons.